The van der Waals surface area contributed by atoms with Crippen LogP contribution >= 0.6 is 11.8 Å². The molecule has 2 aliphatic rings. The first-order valence-electron chi connectivity index (χ1n) is 12.0. The van der Waals surface area contributed by atoms with Crippen LogP contribution in [0.3, 0.4) is 0 Å². The number of morpholine rings is 1. The minimum Gasteiger partial charge on any atom is -0.488 e. The summed E-state index contributed by atoms with van der Waals surface area (Å²) in [5, 5.41) is 10.4. The average Bonchev–Trinajstić information content (AvgIpc) is 3.20. The molecular formula is C28H24N2O7S. The topological polar surface area (TPSA) is 113 Å². The van der Waals surface area contributed by atoms with Crippen molar-refractivity contribution < 1.29 is 33.8 Å². The van der Waals surface area contributed by atoms with Gasteiger partial charge in [0.1, 0.15) is 18.9 Å². The summed E-state index contributed by atoms with van der Waals surface area (Å²) in [6.07, 6.45) is 1.63. The molecule has 2 fully saturated rings. The molecule has 3 aromatic carbocycles. The van der Waals surface area contributed by atoms with Gasteiger partial charge in [-0.3, -0.25) is 19.3 Å². The van der Waals surface area contributed by atoms with Crippen molar-refractivity contribution in [1.82, 2.24) is 9.80 Å². The molecule has 0 bridgehead atoms. The van der Waals surface area contributed by atoms with E-state index in [1.165, 1.54) is 12.1 Å². The number of imide groups is 1. The van der Waals surface area contributed by atoms with Gasteiger partial charge in [0.2, 0.25) is 5.91 Å². The van der Waals surface area contributed by atoms with E-state index in [2.05, 4.69) is 0 Å². The number of nitrogens with zero attached hydrogens (tertiary/aromatic N) is 2. The summed E-state index contributed by atoms with van der Waals surface area (Å²) < 4.78 is 11.4. The zero-order valence-corrected chi connectivity index (χ0v) is 21.1. The summed E-state index contributed by atoms with van der Waals surface area (Å²) in [7, 11) is 0. The Morgan fingerprint density at radius 1 is 1.00 bits per heavy atom. The van der Waals surface area contributed by atoms with Gasteiger partial charge in [-0.05, 0) is 52.4 Å². The molecule has 0 aromatic heterocycles. The van der Waals surface area contributed by atoms with Gasteiger partial charge < -0.3 is 19.5 Å². The molecule has 1 N–H and O–H groups in total. The van der Waals surface area contributed by atoms with Crippen molar-refractivity contribution in [3.63, 3.8) is 0 Å². The molecule has 0 atom stereocenters. The van der Waals surface area contributed by atoms with E-state index in [1.54, 1.807) is 29.2 Å². The van der Waals surface area contributed by atoms with E-state index in [-0.39, 0.29) is 29.5 Å². The van der Waals surface area contributed by atoms with Gasteiger partial charge in [0, 0.05) is 18.7 Å². The van der Waals surface area contributed by atoms with Gasteiger partial charge in [0.15, 0.2) is 0 Å². The van der Waals surface area contributed by atoms with E-state index >= 15 is 0 Å². The lowest BCUT2D eigenvalue weighted by Crippen LogP contribution is -2.46. The highest BCUT2D eigenvalue weighted by atomic mass is 32.2. The van der Waals surface area contributed by atoms with Gasteiger partial charge in [-0.25, -0.2) is 4.79 Å². The third kappa shape index (κ3) is 5.41. The number of hydrogen-bond acceptors (Lipinski definition) is 7. The van der Waals surface area contributed by atoms with Crippen LogP contribution in [0.25, 0.3) is 16.8 Å². The SMILES string of the molecule is O=C(O)c1ccc(COc2ccc3ccccc3c2/C=C2/SC(=O)N(CC(=O)N3CCOCC3)C2=O)cc1. The Morgan fingerprint density at radius 2 is 1.74 bits per heavy atom. The molecule has 0 saturated carbocycles. The van der Waals surface area contributed by atoms with Crippen LogP contribution < -0.4 is 4.74 Å². The lowest BCUT2D eigenvalue weighted by atomic mass is 10.0. The van der Waals surface area contributed by atoms with Crippen LogP contribution in [0.15, 0.2) is 65.6 Å². The largest absolute Gasteiger partial charge is 0.488 e. The Labute approximate surface area is 222 Å². The maximum Gasteiger partial charge on any atom is 0.335 e. The first kappa shape index (κ1) is 25.5. The van der Waals surface area contributed by atoms with Crippen LogP contribution in [0.1, 0.15) is 21.5 Å². The smallest absolute Gasteiger partial charge is 0.335 e. The van der Waals surface area contributed by atoms with Crippen molar-refractivity contribution >= 4 is 51.6 Å². The molecule has 3 aromatic rings. The number of aromatic carboxylic acids is 1. The average molecular weight is 533 g/mol. The second-order valence-electron chi connectivity index (χ2n) is 8.75. The van der Waals surface area contributed by atoms with Crippen molar-refractivity contribution in [2.45, 2.75) is 6.61 Å². The van der Waals surface area contributed by atoms with Gasteiger partial charge in [0.25, 0.3) is 11.1 Å². The molecule has 5 rings (SSSR count). The Balaban J connectivity index is 1.40. The lowest BCUT2D eigenvalue weighted by molar-refractivity contribution is -0.139. The molecular weight excluding hydrogens is 508 g/mol. The van der Waals surface area contributed by atoms with Crippen molar-refractivity contribution in [3.8, 4) is 5.75 Å². The molecule has 194 valence electrons. The number of carboxylic acids is 1. The molecule has 3 amide bonds. The Hall–Kier alpha value is -4.15. The first-order valence-corrected chi connectivity index (χ1v) is 12.8. The first-order chi connectivity index (χ1) is 18.4. The molecule has 2 saturated heterocycles. The second kappa shape index (κ2) is 11.1. The van der Waals surface area contributed by atoms with Crippen molar-refractivity contribution in [2.24, 2.45) is 0 Å². The van der Waals surface area contributed by atoms with Crippen molar-refractivity contribution in [1.29, 1.82) is 0 Å². The summed E-state index contributed by atoms with van der Waals surface area (Å²) in [6.45, 7) is 1.59. The predicted octanol–water partition coefficient (Wildman–Crippen LogP) is 4.01. The fraction of sp³-hybridized carbons (Fsp3) is 0.214. The molecule has 38 heavy (non-hydrogen) atoms. The maximum atomic E-state index is 13.2. The molecule has 0 aliphatic carbocycles. The van der Waals surface area contributed by atoms with E-state index in [4.69, 9.17) is 14.6 Å². The van der Waals surface area contributed by atoms with Gasteiger partial charge >= 0.3 is 5.97 Å². The zero-order valence-electron chi connectivity index (χ0n) is 20.3. The summed E-state index contributed by atoms with van der Waals surface area (Å²) in [4.78, 5) is 52.4. The fourth-order valence-electron chi connectivity index (χ4n) is 4.27. The van der Waals surface area contributed by atoms with E-state index in [0.717, 1.165) is 33.0 Å². The van der Waals surface area contributed by atoms with E-state index in [1.807, 2.05) is 30.3 Å². The molecule has 0 radical (unpaired) electrons. The number of fused-ring (bicyclic) bond motifs is 1. The fourth-order valence-corrected chi connectivity index (χ4v) is 5.09. The molecule has 2 heterocycles. The van der Waals surface area contributed by atoms with Gasteiger partial charge in [-0.2, -0.15) is 0 Å². The zero-order chi connectivity index (χ0) is 26.6. The summed E-state index contributed by atoms with van der Waals surface area (Å²) in [5.74, 6) is -1.32. The van der Waals surface area contributed by atoms with E-state index < -0.39 is 17.1 Å². The Bertz CT molecular complexity index is 1450. The van der Waals surface area contributed by atoms with Crippen molar-refractivity contribution in [3.05, 3.63) is 82.3 Å². The molecule has 0 spiro atoms. The highest BCUT2D eigenvalue weighted by Gasteiger charge is 2.37. The van der Waals surface area contributed by atoms with Crippen LogP contribution in [-0.4, -0.2) is 70.8 Å². The third-order valence-corrected chi connectivity index (χ3v) is 7.24. The van der Waals surface area contributed by atoms with Gasteiger partial charge in [0.05, 0.1) is 23.7 Å². The molecule has 10 heteroatoms. The lowest BCUT2D eigenvalue weighted by Gasteiger charge is -2.28. The second-order valence-corrected chi connectivity index (χ2v) is 9.74. The Morgan fingerprint density at radius 3 is 2.47 bits per heavy atom. The van der Waals surface area contributed by atoms with Crippen LogP contribution in [-0.2, 0) is 20.9 Å². The third-order valence-electron chi connectivity index (χ3n) is 6.33. The number of carboxylic acid groups (broad SMARTS) is 1. The van der Waals surface area contributed by atoms with Crippen LogP contribution in [0.4, 0.5) is 4.79 Å². The standard InChI is InChI=1S/C28H24N2O7S/c31-25(29-11-13-36-14-12-29)16-30-26(32)24(38-28(30)35)15-22-21-4-2-1-3-19(21)9-10-23(22)37-17-18-5-7-20(8-6-18)27(33)34/h1-10,15H,11-14,16-17H2,(H,33,34)/b24-15+. The maximum absolute atomic E-state index is 13.2. The number of carbonyl (C=O) groups excluding carboxylic acids is 3. The normalized spacial score (nSPS) is 16.9. The number of thioether (sulfide) groups is 1. The number of hydrogen-bond donors (Lipinski definition) is 1. The van der Waals surface area contributed by atoms with Crippen molar-refractivity contribution in [2.75, 3.05) is 32.8 Å². The minimum atomic E-state index is -1.00. The molecule has 2 aliphatic heterocycles. The number of carbonyl (C=O) groups is 4. The predicted molar refractivity (Wildman–Crippen MR) is 142 cm³/mol. The van der Waals surface area contributed by atoms with E-state index in [9.17, 15) is 19.2 Å². The highest BCUT2D eigenvalue weighted by molar-refractivity contribution is 8.18. The van der Waals surface area contributed by atoms with E-state index in [0.29, 0.717) is 37.6 Å². The quantitative estimate of drug-likeness (QED) is 0.454. The van der Waals surface area contributed by atoms with Crippen LogP contribution in [0, 0.1) is 0 Å². The monoisotopic (exact) mass is 532 g/mol. The minimum absolute atomic E-state index is 0.175. The summed E-state index contributed by atoms with van der Waals surface area (Å²) in [6, 6.07) is 17.7. The van der Waals surface area contributed by atoms with Crippen LogP contribution in [0.5, 0.6) is 5.75 Å². The molecule has 0 unspecified atom stereocenters. The number of ether oxygens (including phenoxy) is 2. The van der Waals surface area contributed by atoms with Crippen LogP contribution in [0.2, 0.25) is 0 Å². The Kier molecular flexibility index (Phi) is 7.43. The number of benzene rings is 3. The highest BCUT2D eigenvalue weighted by Crippen LogP contribution is 2.37. The van der Waals surface area contributed by atoms with Gasteiger partial charge in [-0.15, -0.1) is 0 Å². The molecule has 9 nitrogen and oxygen atoms in total. The summed E-state index contributed by atoms with van der Waals surface area (Å²) >= 11 is 0.793. The van der Waals surface area contributed by atoms with Gasteiger partial charge in [-0.1, -0.05) is 42.5 Å². The summed E-state index contributed by atoms with van der Waals surface area (Å²) in [5.41, 5.74) is 1.59. The number of amides is 3. The number of rotatable bonds is 7.